The highest BCUT2D eigenvalue weighted by Crippen LogP contribution is 2.16. The molecule has 1 N–H and O–H groups in total. The van der Waals surface area contributed by atoms with E-state index in [0.29, 0.717) is 6.42 Å². The number of carbonyl (C=O) groups is 1. The first-order valence-electron chi connectivity index (χ1n) is 5.23. The fraction of sp³-hybridized carbons (Fsp3) is 0.900. The van der Waals surface area contributed by atoms with Gasteiger partial charge in [-0.1, -0.05) is 20.8 Å². The summed E-state index contributed by atoms with van der Waals surface area (Å²) < 4.78 is 22.8. The molecule has 0 rings (SSSR count). The maximum atomic E-state index is 11.4. The van der Waals surface area contributed by atoms with Gasteiger partial charge >= 0.3 is 5.97 Å². The molecule has 0 aliphatic rings. The maximum absolute atomic E-state index is 11.4. The molecule has 0 aromatic carbocycles. The van der Waals surface area contributed by atoms with Gasteiger partial charge in [0, 0.05) is 5.75 Å². The van der Waals surface area contributed by atoms with Crippen LogP contribution in [0.25, 0.3) is 0 Å². The fourth-order valence-corrected chi connectivity index (χ4v) is 2.90. The Labute approximate surface area is 91.6 Å². The standard InChI is InChI=1S/C10H20O4S/c1-4-6-15(13,14)7-5-9(8(2)3)10(11)12/h8-9H,4-7H2,1-3H3,(H,11,12). The Bertz CT molecular complexity index is 293. The van der Waals surface area contributed by atoms with Crippen LogP contribution in [0.3, 0.4) is 0 Å². The zero-order valence-electron chi connectivity index (χ0n) is 9.56. The topological polar surface area (TPSA) is 71.4 Å². The van der Waals surface area contributed by atoms with E-state index >= 15 is 0 Å². The van der Waals surface area contributed by atoms with Crippen molar-refractivity contribution in [3.8, 4) is 0 Å². The Kier molecular flexibility index (Phi) is 5.87. The third-order valence-corrected chi connectivity index (χ3v) is 4.26. The van der Waals surface area contributed by atoms with Gasteiger partial charge in [-0.2, -0.15) is 0 Å². The maximum Gasteiger partial charge on any atom is 0.306 e. The molecule has 0 bridgehead atoms. The zero-order chi connectivity index (χ0) is 12.1. The molecule has 0 radical (unpaired) electrons. The number of aliphatic carboxylic acids is 1. The minimum absolute atomic E-state index is 0.0179. The predicted octanol–water partition coefficient (Wildman–Crippen LogP) is 1.56. The number of rotatable bonds is 7. The normalized spacial score (nSPS) is 14.1. The second kappa shape index (κ2) is 6.10. The average molecular weight is 236 g/mol. The molecule has 5 heteroatoms. The molecule has 0 aliphatic carbocycles. The molecule has 0 saturated carbocycles. The van der Waals surface area contributed by atoms with Crippen LogP contribution < -0.4 is 0 Å². The lowest BCUT2D eigenvalue weighted by atomic mass is 9.94. The summed E-state index contributed by atoms with van der Waals surface area (Å²) >= 11 is 0. The van der Waals surface area contributed by atoms with E-state index in [2.05, 4.69) is 0 Å². The first kappa shape index (κ1) is 14.4. The summed E-state index contributed by atoms with van der Waals surface area (Å²) in [7, 11) is -3.06. The fourth-order valence-electron chi connectivity index (χ4n) is 1.46. The van der Waals surface area contributed by atoms with E-state index in [1.54, 1.807) is 20.8 Å². The van der Waals surface area contributed by atoms with Gasteiger partial charge in [-0.25, -0.2) is 8.42 Å². The van der Waals surface area contributed by atoms with Crippen LogP contribution in [0, 0.1) is 11.8 Å². The lowest BCUT2D eigenvalue weighted by Gasteiger charge is -2.15. The highest BCUT2D eigenvalue weighted by Gasteiger charge is 2.23. The molecule has 15 heavy (non-hydrogen) atoms. The van der Waals surface area contributed by atoms with Gasteiger partial charge in [0.2, 0.25) is 0 Å². The summed E-state index contributed by atoms with van der Waals surface area (Å²) in [6.45, 7) is 5.39. The number of hydrogen-bond acceptors (Lipinski definition) is 3. The van der Waals surface area contributed by atoms with E-state index in [4.69, 9.17) is 5.11 Å². The quantitative estimate of drug-likeness (QED) is 0.728. The Balaban J connectivity index is 4.29. The lowest BCUT2D eigenvalue weighted by molar-refractivity contribution is -0.143. The highest BCUT2D eigenvalue weighted by atomic mass is 32.2. The van der Waals surface area contributed by atoms with Crippen LogP contribution in [-0.4, -0.2) is 31.0 Å². The van der Waals surface area contributed by atoms with Gasteiger partial charge in [-0.05, 0) is 18.8 Å². The average Bonchev–Trinajstić information content (AvgIpc) is 2.01. The highest BCUT2D eigenvalue weighted by molar-refractivity contribution is 7.91. The van der Waals surface area contributed by atoms with Crippen molar-refractivity contribution in [3.05, 3.63) is 0 Å². The van der Waals surface area contributed by atoms with E-state index in [1.165, 1.54) is 0 Å². The van der Waals surface area contributed by atoms with E-state index in [-0.39, 0.29) is 23.8 Å². The summed E-state index contributed by atoms with van der Waals surface area (Å²) in [5, 5.41) is 8.88. The van der Waals surface area contributed by atoms with Gasteiger partial charge in [0.05, 0.1) is 11.7 Å². The van der Waals surface area contributed by atoms with Crippen LogP contribution >= 0.6 is 0 Å². The summed E-state index contributed by atoms with van der Waals surface area (Å²) in [6.07, 6.45) is 0.803. The summed E-state index contributed by atoms with van der Waals surface area (Å²) in [4.78, 5) is 10.8. The molecule has 0 heterocycles. The van der Waals surface area contributed by atoms with Crippen molar-refractivity contribution in [1.82, 2.24) is 0 Å². The molecule has 0 fully saturated rings. The Hall–Kier alpha value is -0.580. The number of hydrogen-bond donors (Lipinski definition) is 1. The van der Waals surface area contributed by atoms with Gasteiger partial charge in [0.15, 0.2) is 0 Å². The SMILES string of the molecule is CCCS(=O)(=O)CCC(C(=O)O)C(C)C. The Morgan fingerprint density at radius 1 is 1.27 bits per heavy atom. The van der Waals surface area contributed by atoms with Crippen LogP contribution in [0.2, 0.25) is 0 Å². The van der Waals surface area contributed by atoms with Gasteiger partial charge in [-0.3, -0.25) is 4.79 Å². The molecule has 0 saturated heterocycles. The molecule has 1 atom stereocenters. The van der Waals surface area contributed by atoms with Crippen molar-refractivity contribution in [3.63, 3.8) is 0 Å². The van der Waals surface area contributed by atoms with Crippen molar-refractivity contribution >= 4 is 15.8 Å². The van der Waals surface area contributed by atoms with Gasteiger partial charge in [0.1, 0.15) is 9.84 Å². The first-order chi connectivity index (χ1) is 6.80. The Morgan fingerprint density at radius 2 is 1.80 bits per heavy atom. The number of carboxylic acid groups (broad SMARTS) is 1. The summed E-state index contributed by atoms with van der Waals surface area (Å²) in [5.41, 5.74) is 0. The van der Waals surface area contributed by atoms with Crippen LogP contribution in [0.15, 0.2) is 0 Å². The van der Waals surface area contributed by atoms with Crippen LogP contribution in [0.5, 0.6) is 0 Å². The molecule has 0 spiro atoms. The minimum Gasteiger partial charge on any atom is -0.481 e. The predicted molar refractivity (Wildman–Crippen MR) is 59.5 cm³/mol. The summed E-state index contributed by atoms with van der Waals surface area (Å²) in [5.74, 6) is -1.36. The molecular weight excluding hydrogens is 216 g/mol. The van der Waals surface area contributed by atoms with Crippen LogP contribution in [0.4, 0.5) is 0 Å². The smallest absolute Gasteiger partial charge is 0.306 e. The van der Waals surface area contributed by atoms with E-state index in [1.807, 2.05) is 0 Å². The van der Waals surface area contributed by atoms with E-state index < -0.39 is 21.7 Å². The monoisotopic (exact) mass is 236 g/mol. The molecule has 0 aromatic heterocycles. The lowest BCUT2D eigenvalue weighted by Crippen LogP contribution is -2.23. The molecular formula is C10H20O4S. The first-order valence-corrected chi connectivity index (χ1v) is 7.05. The largest absolute Gasteiger partial charge is 0.481 e. The van der Waals surface area contributed by atoms with E-state index in [9.17, 15) is 13.2 Å². The third kappa shape index (κ3) is 5.77. The molecule has 0 aliphatic heterocycles. The van der Waals surface area contributed by atoms with Gasteiger partial charge in [0.25, 0.3) is 0 Å². The van der Waals surface area contributed by atoms with Gasteiger partial charge in [-0.15, -0.1) is 0 Å². The van der Waals surface area contributed by atoms with Crippen LogP contribution in [-0.2, 0) is 14.6 Å². The second-order valence-corrected chi connectivity index (χ2v) is 6.43. The Morgan fingerprint density at radius 3 is 2.13 bits per heavy atom. The van der Waals surface area contributed by atoms with Crippen LogP contribution in [0.1, 0.15) is 33.6 Å². The molecule has 0 amide bonds. The van der Waals surface area contributed by atoms with Crippen molar-refractivity contribution < 1.29 is 18.3 Å². The summed E-state index contributed by atoms with van der Waals surface area (Å²) in [6, 6.07) is 0. The molecule has 90 valence electrons. The van der Waals surface area contributed by atoms with Crippen molar-refractivity contribution in [2.75, 3.05) is 11.5 Å². The van der Waals surface area contributed by atoms with Crippen molar-refractivity contribution in [2.24, 2.45) is 11.8 Å². The second-order valence-electron chi connectivity index (χ2n) is 4.13. The zero-order valence-corrected chi connectivity index (χ0v) is 10.4. The molecule has 1 unspecified atom stereocenters. The number of carboxylic acids is 1. The number of sulfone groups is 1. The van der Waals surface area contributed by atoms with E-state index in [0.717, 1.165) is 0 Å². The minimum atomic E-state index is -3.06. The van der Waals surface area contributed by atoms with Gasteiger partial charge < -0.3 is 5.11 Å². The van der Waals surface area contributed by atoms with Crippen molar-refractivity contribution in [2.45, 2.75) is 33.6 Å². The van der Waals surface area contributed by atoms with Crippen molar-refractivity contribution in [1.29, 1.82) is 0 Å². The molecule has 0 aromatic rings. The third-order valence-electron chi connectivity index (χ3n) is 2.38. The molecule has 4 nitrogen and oxygen atoms in total.